The van der Waals surface area contributed by atoms with E-state index in [9.17, 15) is 4.79 Å². The van der Waals surface area contributed by atoms with E-state index < -0.39 is 0 Å². The van der Waals surface area contributed by atoms with Crippen LogP contribution in [0.2, 0.25) is 0 Å². The Kier molecular flexibility index (Phi) is 3.20. The lowest BCUT2D eigenvalue weighted by Gasteiger charge is -2.22. The maximum Gasteiger partial charge on any atom is 0.244 e. The van der Waals surface area contributed by atoms with Crippen LogP contribution in [0.4, 0.5) is 0 Å². The van der Waals surface area contributed by atoms with E-state index in [1.807, 2.05) is 18.0 Å². The van der Waals surface area contributed by atoms with Crippen LogP contribution in [0.25, 0.3) is 0 Å². The molecule has 0 spiro atoms. The number of hydrogen-bond acceptors (Lipinski definition) is 5. The first-order chi connectivity index (χ1) is 10.7. The molecular formula is C15H19N5O2. The number of carbonyl (C=O) groups is 1. The van der Waals surface area contributed by atoms with Gasteiger partial charge in [0, 0.05) is 18.7 Å². The second kappa shape index (κ2) is 5.23. The van der Waals surface area contributed by atoms with Crippen molar-refractivity contribution in [2.75, 3.05) is 6.54 Å². The van der Waals surface area contributed by atoms with Crippen molar-refractivity contribution in [3.05, 3.63) is 29.7 Å². The highest BCUT2D eigenvalue weighted by molar-refractivity contribution is 5.76. The Balaban J connectivity index is 1.48. The minimum absolute atomic E-state index is 0.0552. The number of aromatic nitrogens is 4. The molecule has 0 bridgehead atoms. The molecule has 2 fully saturated rings. The largest absolute Gasteiger partial charge is 0.339 e. The van der Waals surface area contributed by atoms with Crippen molar-refractivity contribution in [2.45, 2.75) is 51.1 Å². The second-order valence-electron chi connectivity index (χ2n) is 6.23. The molecule has 116 valence electrons. The first-order valence-corrected chi connectivity index (χ1v) is 7.83. The van der Waals surface area contributed by atoms with Gasteiger partial charge >= 0.3 is 0 Å². The minimum Gasteiger partial charge on any atom is -0.339 e. The van der Waals surface area contributed by atoms with Gasteiger partial charge in [0.05, 0.1) is 12.2 Å². The lowest BCUT2D eigenvalue weighted by molar-refractivity contribution is -0.133. The van der Waals surface area contributed by atoms with Crippen molar-refractivity contribution in [1.29, 1.82) is 0 Å². The Bertz CT molecular complexity index is 688. The van der Waals surface area contributed by atoms with Crippen LogP contribution in [0.1, 0.15) is 54.9 Å². The van der Waals surface area contributed by atoms with Crippen LogP contribution in [0.15, 0.2) is 16.9 Å². The van der Waals surface area contributed by atoms with Crippen LogP contribution < -0.4 is 0 Å². The quantitative estimate of drug-likeness (QED) is 0.860. The summed E-state index contributed by atoms with van der Waals surface area (Å²) in [6.07, 6.45) is 7.77. The molecule has 2 aromatic heterocycles. The second-order valence-corrected chi connectivity index (χ2v) is 6.23. The standard InChI is InChI=1S/C15H19N5O2/c1-10-7-16-19(8-10)9-13(21)20-6-2-3-12(20)14-17-15(22-18-14)11-4-5-11/h7-8,11-12H,2-6,9H2,1H3/t12-/m1/s1. The van der Waals surface area contributed by atoms with E-state index >= 15 is 0 Å². The van der Waals surface area contributed by atoms with E-state index in [0.29, 0.717) is 11.7 Å². The molecule has 0 aromatic carbocycles. The molecule has 4 rings (SSSR count). The predicted octanol–water partition coefficient (Wildman–Crippen LogP) is 1.82. The molecule has 1 atom stereocenters. The third-order valence-corrected chi connectivity index (χ3v) is 4.31. The average Bonchev–Trinajstić information content (AvgIpc) is 2.93. The Labute approximate surface area is 128 Å². The number of rotatable bonds is 4. The molecule has 0 radical (unpaired) electrons. The molecule has 0 N–H and O–H groups in total. The molecule has 1 saturated heterocycles. The van der Waals surface area contributed by atoms with Crippen molar-refractivity contribution in [3.8, 4) is 0 Å². The molecule has 1 aliphatic heterocycles. The van der Waals surface area contributed by atoms with Gasteiger partial charge in [-0.1, -0.05) is 5.16 Å². The Morgan fingerprint density at radius 3 is 3.00 bits per heavy atom. The lowest BCUT2D eigenvalue weighted by Crippen LogP contribution is -2.34. The molecule has 1 saturated carbocycles. The number of hydrogen-bond donors (Lipinski definition) is 0. The maximum atomic E-state index is 12.5. The van der Waals surface area contributed by atoms with Gasteiger partial charge < -0.3 is 9.42 Å². The van der Waals surface area contributed by atoms with Gasteiger partial charge in [0.2, 0.25) is 11.8 Å². The molecule has 2 aromatic rings. The molecule has 1 amide bonds. The fraction of sp³-hybridized carbons (Fsp3) is 0.600. The zero-order valence-electron chi connectivity index (χ0n) is 12.6. The molecule has 22 heavy (non-hydrogen) atoms. The highest BCUT2D eigenvalue weighted by atomic mass is 16.5. The fourth-order valence-corrected chi connectivity index (χ4v) is 3.00. The van der Waals surface area contributed by atoms with Gasteiger partial charge in [-0.3, -0.25) is 9.48 Å². The van der Waals surface area contributed by atoms with Crippen molar-refractivity contribution >= 4 is 5.91 Å². The molecule has 2 aliphatic rings. The SMILES string of the molecule is Cc1cnn(CC(=O)N2CCC[C@@H]2c2noc(C3CC3)n2)c1. The van der Waals surface area contributed by atoms with E-state index in [2.05, 4.69) is 15.2 Å². The zero-order valence-corrected chi connectivity index (χ0v) is 12.6. The third kappa shape index (κ3) is 2.51. The summed E-state index contributed by atoms with van der Waals surface area (Å²) in [6.45, 7) is 2.97. The zero-order chi connectivity index (χ0) is 15.1. The van der Waals surface area contributed by atoms with Crippen LogP contribution in [-0.2, 0) is 11.3 Å². The number of carbonyl (C=O) groups excluding carboxylic acids is 1. The summed E-state index contributed by atoms with van der Waals surface area (Å²) < 4.78 is 7.01. The summed E-state index contributed by atoms with van der Waals surface area (Å²) in [6, 6.07) is -0.0552. The van der Waals surface area contributed by atoms with Crippen LogP contribution >= 0.6 is 0 Å². The number of aryl methyl sites for hydroxylation is 1. The highest BCUT2D eigenvalue weighted by Gasteiger charge is 2.36. The Morgan fingerprint density at radius 2 is 2.27 bits per heavy atom. The number of nitrogens with zero attached hydrogens (tertiary/aromatic N) is 5. The number of amides is 1. The van der Waals surface area contributed by atoms with E-state index in [0.717, 1.165) is 43.7 Å². The smallest absolute Gasteiger partial charge is 0.244 e. The van der Waals surface area contributed by atoms with E-state index in [4.69, 9.17) is 4.52 Å². The van der Waals surface area contributed by atoms with Gasteiger partial charge in [-0.15, -0.1) is 0 Å². The Morgan fingerprint density at radius 1 is 1.41 bits per heavy atom. The first kappa shape index (κ1) is 13.5. The van der Waals surface area contributed by atoms with Crippen molar-refractivity contribution < 1.29 is 9.32 Å². The highest BCUT2D eigenvalue weighted by Crippen LogP contribution is 2.40. The Hall–Kier alpha value is -2.18. The van der Waals surface area contributed by atoms with Crippen LogP contribution in [0.5, 0.6) is 0 Å². The van der Waals surface area contributed by atoms with Gasteiger partial charge in [-0.05, 0) is 38.2 Å². The third-order valence-electron chi connectivity index (χ3n) is 4.31. The lowest BCUT2D eigenvalue weighted by atomic mass is 10.2. The van der Waals surface area contributed by atoms with Crippen molar-refractivity contribution in [1.82, 2.24) is 24.8 Å². The van der Waals surface area contributed by atoms with Crippen LogP contribution in [0.3, 0.4) is 0 Å². The van der Waals surface area contributed by atoms with Gasteiger partial charge in [-0.25, -0.2) is 0 Å². The minimum atomic E-state index is -0.0552. The monoisotopic (exact) mass is 301 g/mol. The average molecular weight is 301 g/mol. The molecule has 0 unspecified atom stereocenters. The molecule has 1 aliphatic carbocycles. The predicted molar refractivity (Wildman–Crippen MR) is 76.9 cm³/mol. The summed E-state index contributed by atoms with van der Waals surface area (Å²) in [5, 5.41) is 8.28. The summed E-state index contributed by atoms with van der Waals surface area (Å²) in [4.78, 5) is 18.9. The summed E-state index contributed by atoms with van der Waals surface area (Å²) in [5.74, 6) is 1.89. The molecule has 3 heterocycles. The topological polar surface area (TPSA) is 77.0 Å². The van der Waals surface area contributed by atoms with E-state index in [-0.39, 0.29) is 18.5 Å². The number of likely N-dealkylation sites (tertiary alicyclic amines) is 1. The van der Waals surface area contributed by atoms with E-state index in [1.54, 1.807) is 10.9 Å². The molecule has 7 nitrogen and oxygen atoms in total. The summed E-state index contributed by atoms with van der Waals surface area (Å²) in [7, 11) is 0. The normalized spacial score (nSPS) is 21.5. The summed E-state index contributed by atoms with van der Waals surface area (Å²) in [5.41, 5.74) is 1.05. The van der Waals surface area contributed by atoms with Crippen LogP contribution in [-0.4, -0.2) is 37.3 Å². The fourth-order valence-electron chi connectivity index (χ4n) is 3.00. The van der Waals surface area contributed by atoms with Gasteiger partial charge in [-0.2, -0.15) is 10.1 Å². The summed E-state index contributed by atoms with van der Waals surface area (Å²) >= 11 is 0. The van der Waals surface area contributed by atoms with Gasteiger partial charge in [0.25, 0.3) is 0 Å². The first-order valence-electron chi connectivity index (χ1n) is 7.83. The van der Waals surface area contributed by atoms with E-state index in [1.165, 1.54) is 0 Å². The van der Waals surface area contributed by atoms with Gasteiger partial charge in [0.1, 0.15) is 6.54 Å². The molecule has 7 heteroatoms. The van der Waals surface area contributed by atoms with Crippen molar-refractivity contribution in [3.63, 3.8) is 0 Å². The maximum absolute atomic E-state index is 12.5. The van der Waals surface area contributed by atoms with Crippen molar-refractivity contribution in [2.24, 2.45) is 0 Å². The van der Waals surface area contributed by atoms with Gasteiger partial charge in [0.15, 0.2) is 5.82 Å². The molecular weight excluding hydrogens is 282 g/mol. The van der Waals surface area contributed by atoms with Crippen LogP contribution in [0, 0.1) is 6.92 Å².